The second-order valence-corrected chi connectivity index (χ2v) is 4.48. The lowest BCUT2D eigenvalue weighted by atomic mass is 10.2. The summed E-state index contributed by atoms with van der Waals surface area (Å²) in [7, 11) is 0. The van der Waals surface area contributed by atoms with E-state index in [0.29, 0.717) is 16.4 Å². The van der Waals surface area contributed by atoms with Crippen molar-refractivity contribution in [3.05, 3.63) is 46.9 Å². The number of anilines is 2. The Morgan fingerprint density at radius 3 is 2.84 bits per heavy atom. The van der Waals surface area contributed by atoms with Crippen LogP contribution >= 0.6 is 11.6 Å². The first-order valence-corrected chi connectivity index (χ1v) is 6.38. The van der Waals surface area contributed by atoms with E-state index in [1.165, 1.54) is 6.33 Å². The smallest absolute Gasteiger partial charge is 0.134 e. The zero-order valence-corrected chi connectivity index (χ0v) is 11.3. The molecule has 2 rings (SSSR count). The molecule has 1 heterocycles. The van der Waals surface area contributed by atoms with Crippen molar-refractivity contribution in [3.63, 3.8) is 0 Å². The molecule has 0 aliphatic carbocycles. The van der Waals surface area contributed by atoms with Gasteiger partial charge in [-0.3, -0.25) is 0 Å². The Bertz CT molecular complexity index is 619. The molecule has 0 atom stereocenters. The summed E-state index contributed by atoms with van der Waals surface area (Å²) in [5, 5.41) is 12.4. The van der Waals surface area contributed by atoms with Gasteiger partial charge in [0.15, 0.2) is 0 Å². The highest BCUT2D eigenvalue weighted by Gasteiger charge is 2.04. The maximum Gasteiger partial charge on any atom is 0.134 e. The molecule has 0 amide bonds. The van der Waals surface area contributed by atoms with Crippen LogP contribution in [0.3, 0.4) is 0 Å². The summed E-state index contributed by atoms with van der Waals surface area (Å²) >= 11 is 6.10. The molecule has 0 aliphatic heterocycles. The highest BCUT2D eigenvalue weighted by atomic mass is 35.5. The second kappa shape index (κ2) is 6.17. The van der Waals surface area contributed by atoms with E-state index >= 15 is 0 Å². The van der Waals surface area contributed by atoms with Crippen LogP contribution in [0.25, 0.3) is 0 Å². The predicted octanol–water partition coefficient (Wildman–Crippen LogP) is 3.70. The Morgan fingerprint density at radius 1 is 1.32 bits per heavy atom. The number of hydrogen-bond acceptors (Lipinski definition) is 4. The molecule has 96 valence electrons. The van der Waals surface area contributed by atoms with Crippen molar-refractivity contribution in [2.24, 2.45) is 0 Å². The average molecular weight is 273 g/mol. The zero-order chi connectivity index (χ0) is 13.7. The fourth-order valence-electron chi connectivity index (χ4n) is 1.68. The highest BCUT2D eigenvalue weighted by molar-refractivity contribution is 6.33. The summed E-state index contributed by atoms with van der Waals surface area (Å²) in [5.41, 5.74) is 2.25. The normalized spacial score (nSPS) is 9.95. The van der Waals surface area contributed by atoms with Gasteiger partial charge in [-0.05, 0) is 24.6 Å². The molecule has 0 bridgehead atoms. The molecule has 1 aromatic heterocycles. The minimum Gasteiger partial charge on any atom is -0.339 e. The van der Waals surface area contributed by atoms with E-state index in [1.807, 2.05) is 12.1 Å². The van der Waals surface area contributed by atoms with Crippen LogP contribution < -0.4 is 5.32 Å². The largest absolute Gasteiger partial charge is 0.339 e. The number of aryl methyl sites for hydroxylation is 1. The zero-order valence-electron chi connectivity index (χ0n) is 10.5. The van der Waals surface area contributed by atoms with Crippen LogP contribution in [0.15, 0.2) is 30.6 Å². The molecule has 0 aliphatic rings. The van der Waals surface area contributed by atoms with E-state index < -0.39 is 0 Å². The summed E-state index contributed by atoms with van der Waals surface area (Å²) in [6.07, 6.45) is 3.48. The fraction of sp³-hybridized carbons (Fsp3) is 0.214. The van der Waals surface area contributed by atoms with Crippen LogP contribution in [0.5, 0.6) is 0 Å². The molecule has 4 nitrogen and oxygen atoms in total. The summed E-state index contributed by atoms with van der Waals surface area (Å²) in [4.78, 5) is 8.35. The molecule has 0 spiro atoms. The van der Waals surface area contributed by atoms with Gasteiger partial charge in [-0.2, -0.15) is 5.26 Å². The van der Waals surface area contributed by atoms with Crippen LogP contribution in [0, 0.1) is 11.3 Å². The van der Waals surface area contributed by atoms with Crippen molar-refractivity contribution in [1.82, 2.24) is 9.97 Å². The Hall–Kier alpha value is -2.12. The van der Waals surface area contributed by atoms with E-state index in [2.05, 4.69) is 22.2 Å². The highest BCUT2D eigenvalue weighted by Crippen LogP contribution is 2.25. The third kappa shape index (κ3) is 3.43. The molecule has 0 fully saturated rings. The Morgan fingerprint density at radius 2 is 2.16 bits per heavy atom. The topological polar surface area (TPSA) is 61.6 Å². The number of aromatic nitrogens is 2. The van der Waals surface area contributed by atoms with Crippen LogP contribution in [-0.2, 0) is 6.42 Å². The van der Waals surface area contributed by atoms with Gasteiger partial charge in [0.25, 0.3) is 0 Å². The first-order chi connectivity index (χ1) is 9.22. The average Bonchev–Trinajstić information content (AvgIpc) is 2.42. The maximum atomic E-state index is 8.79. The lowest BCUT2D eigenvalue weighted by Crippen LogP contribution is -1.98. The van der Waals surface area contributed by atoms with Gasteiger partial charge < -0.3 is 5.32 Å². The summed E-state index contributed by atoms with van der Waals surface area (Å²) in [5.74, 6) is 0.699. The van der Waals surface area contributed by atoms with Crippen LogP contribution in [-0.4, -0.2) is 9.97 Å². The van der Waals surface area contributed by atoms with Crippen LogP contribution in [0.1, 0.15) is 24.6 Å². The summed E-state index contributed by atoms with van der Waals surface area (Å²) in [6.45, 7) is 2.10. The lowest BCUT2D eigenvalue weighted by molar-refractivity contribution is 0.873. The van der Waals surface area contributed by atoms with E-state index in [9.17, 15) is 0 Å². The monoisotopic (exact) mass is 272 g/mol. The first-order valence-electron chi connectivity index (χ1n) is 6.00. The fourth-order valence-corrected chi connectivity index (χ4v) is 1.91. The van der Waals surface area contributed by atoms with Gasteiger partial charge in [0.1, 0.15) is 12.1 Å². The van der Waals surface area contributed by atoms with Crippen LogP contribution in [0.4, 0.5) is 11.5 Å². The van der Waals surface area contributed by atoms with Gasteiger partial charge >= 0.3 is 0 Å². The minimum absolute atomic E-state index is 0.495. The maximum absolute atomic E-state index is 8.79. The molecule has 19 heavy (non-hydrogen) atoms. The molecule has 0 saturated heterocycles. The SMILES string of the molecule is CCCc1cc(Nc2ccc(C#N)cc2Cl)ncn1. The van der Waals surface area contributed by atoms with Gasteiger partial charge in [0.05, 0.1) is 22.3 Å². The molecule has 1 N–H and O–H groups in total. The van der Waals surface area contributed by atoms with Gasteiger partial charge in [-0.25, -0.2) is 9.97 Å². The molecule has 0 radical (unpaired) electrons. The molecule has 2 aromatic rings. The van der Waals surface area contributed by atoms with E-state index in [4.69, 9.17) is 16.9 Å². The van der Waals surface area contributed by atoms with Crippen LogP contribution in [0.2, 0.25) is 5.02 Å². The van der Waals surface area contributed by atoms with E-state index in [1.54, 1.807) is 18.2 Å². The van der Waals surface area contributed by atoms with Crippen molar-refractivity contribution in [2.45, 2.75) is 19.8 Å². The molecule has 5 heteroatoms. The summed E-state index contributed by atoms with van der Waals surface area (Å²) < 4.78 is 0. The number of rotatable bonds is 4. The van der Waals surface area contributed by atoms with Gasteiger partial charge in [-0.1, -0.05) is 24.9 Å². The lowest BCUT2D eigenvalue weighted by Gasteiger charge is -2.08. The Kier molecular flexibility index (Phi) is 4.32. The van der Waals surface area contributed by atoms with Crippen molar-refractivity contribution in [1.29, 1.82) is 5.26 Å². The van der Waals surface area contributed by atoms with Crippen molar-refractivity contribution < 1.29 is 0 Å². The quantitative estimate of drug-likeness (QED) is 0.922. The number of nitrogens with zero attached hydrogens (tertiary/aromatic N) is 3. The Balaban J connectivity index is 2.21. The van der Waals surface area contributed by atoms with E-state index in [0.717, 1.165) is 24.2 Å². The predicted molar refractivity (Wildman–Crippen MR) is 75.5 cm³/mol. The minimum atomic E-state index is 0.495. The third-order valence-electron chi connectivity index (χ3n) is 2.59. The molecular formula is C14H13ClN4. The molecule has 0 saturated carbocycles. The van der Waals surface area contributed by atoms with Gasteiger partial charge in [0.2, 0.25) is 0 Å². The van der Waals surface area contributed by atoms with Gasteiger partial charge in [0, 0.05) is 11.8 Å². The number of benzene rings is 1. The van der Waals surface area contributed by atoms with E-state index in [-0.39, 0.29) is 0 Å². The first kappa shape index (κ1) is 13.3. The molecule has 1 aromatic carbocycles. The second-order valence-electron chi connectivity index (χ2n) is 4.08. The van der Waals surface area contributed by atoms with Crippen molar-refractivity contribution >= 4 is 23.1 Å². The van der Waals surface area contributed by atoms with Gasteiger partial charge in [-0.15, -0.1) is 0 Å². The molecular weight excluding hydrogens is 260 g/mol. The third-order valence-corrected chi connectivity index (χ3v) is 2.90. The Labute approximate surface area is 117 Å². The number of hydrogen-bond donors (Lipinski definition) is 1. The number of halogens is 1. The van der Waals surface area contributed by atoms with Crippen molar-refractivity contribution in [3.8, 4) is 6.07 Å². The summed E-state index contributed by atoms with van der Waals surface area (Å²) in [6, 6.07) is 9.05. The standard InChI is InChI=1S/C14H13ClN4/c1-2-3-11-7-14(18-9-17-11)19-13-5-4-10(8-16)6-12(13)15/h4-7,9H,2-3H2,1H3,(H,17,18,19). The number of nitriles is 1. The molecule has 0 unspecified atom stereocenters. The van der Waals surface area contributed by atoms with Crippen molar-refractivity contribution in [2.75, 3.05) is 5.32 Å². The number of nitrogens with one attached hydrogen (secondary N) is 1.